The smallest absolute Gasteiger partial charge is 0.291 e. The van der Waals surface area contributed by atoms with Gasteiger partial charge < -0.3 is 40.3 Å². The van der Waals surface area contributed by atoms with Gasteiger partial charge in [0.15, 0.2) is 11.6 Å². The summed E-state index contributed by atoms with van der Waals surface area (Å²) >= 11 is 0. The predicted octanol–water partition coefficient (Wildman–Crippen LogP) is 0.149. The molecule has 15 nitrogen and oxygen atoms in total. The molecule has 0 atom stereocenters. The minimum Gasteiger partial charge on any atom is -0.356 e. The van der Waals surface area contributed by atoms with Gasteiger partial charge in [-0.2, -0.15) is 0 Å². The van der Waals surface area contributed by atoms with E-state index in [9.17, 15) is 24.0 Å². The van der Waals surface area contributed by atoms with Crippen molar-refractivity contribution in [1.29, 1.82) is 0 Å². The third kappa shape index (κ3) is 8.02. The zero-order valence-corrected chi connectivity index (χ0v) is 22.9. The van der Waals surface area contributed by atoms with E-state index in [1.54, 1.807) is 42.7 Å². The van der Waals surface area contributed by atoms with Crippen molar-refractivity contribution >= 4 is 41.0 Å². The van der Waals surface area contributed by atoms with E-state index in [4.69, 9.17) is 0 Å². The first-order valence-corrected chi connectivity index (χ1v) is 12.7. The molecule has 0 unspecified atom stereocenters. The molecule has 214 valence electrons. The average Bonchev–Trinajstić information content (AvgIpc) is 3.60. The van der Waals surface area contributed by atoms with Gasteiger partial charge in [-0.25, -0.2) is 9.97 Å². The summed E-state index contributed by atoms with van der Waals surface area (Å²) in [6.45, 7) is 2.73. The summed E-state index contributed by atoms with van der Waals surface area (Å²) < 4.78 is 4.60. The summed E-state index contributed by atoms with van der Waals surface area (Å²) in [6, 6.07) is 1.52. The highest BCUT2D eigenvalue weighted by molar-refractivity contribution is 6.03. The molecule has 3 aromatic heterocycles. The second-order valence-corrected chi connectivity index (χ2v) is 9.01. The van der Waals surface area contributed by atoms with Crippen molar-refractivity contribution < 1.29 is 24.0 Å². The second-order valence-electron chi connectivity index (χ2n) is 9.01. The fraction of sp³-hybridized carbons (Fsp3) is 0.400. The van der Waals surface area contributed by atoms with Crippen molar-refractivity contribution in [2.45, 2.75) is 26.2 Å². The van der Waals surface area contributed by atoms with Crippen molar-refractivity contribution in [3.05, 3.63) is 48.2 Å². The van der Waals surface area contributed by atoms with Gasteiger partial charge in [0, 0.05) is 78.4 Å². The lowest BCUT2D eigenvalue weighted by Crippen LogP contribution is -2.32. The molecular weight excluding hydrogens is 520 g/mol. The van der Waals surface area contributed by atoms with Gasteiger partial charge in [0.2, 0.25) is 17.6 Å². The van der Waals surface area contributed by atoms with Gasteiger partial charge in [-0.15, -0.1) is 0 Å². The van der Waals surface area contributed by atoms with E-state index < -0.39 is 23.6 Å². The summed E-state index contributed by atoms with van der Waals surface area (Å²) in [5.74, 6) is -1.38. The molecule has 5 amide bonds. The first kappa shape index (κ1) is 29.6. The highest BCUT2D eigenvalue weighted by Crippen LogP contribution is 2.14. The van der Waals surface area contributed by atoms with Crippen LogP contribution in [0.2, 0.25) is 0 Å². The number of amides is 5. The maximum atomic E-state index is 12.6. The molecule has 0 radical (unpaired) electrons. The van der Waals surface area contributed by atoms with E-state index in [1.165, 1.54) is 23.0 Å². The number of imidazole rings is 2. The highest BCUT2D eigenvalue weighted by Gasteiger charge is 2.18. The van der Waals surface area contributed by atoms with Crippen LogP contribution >= 0.6 is 0 Å². The second kappa shape index (κ2) is 13.7. The van der Waals surface area contributed by atoms with Gasteiger partial charge in [0.05, 0.1) is 5.69 Å². The number of rotatable bonds is 13. The van der Waals surface area contributed by atoms with Crippen LogP contribution in [-0.2, 0) is 30.7 Å². The summed E-state index contributed by atoms with van der Waals surface area (Å²) in [5.41, 5.74) is 0.715. The topological polar surface area (TPSA) is 186 Å². The quantitative estimate of drug-likeness (QED) is 0.199. The molecule has 5 N–H and O–H groups in total. The monoisotopic (exact) mass is 554 g/mol. The molecule has 0 saturated heterocycles. The van der Waals surface area contributed by atoms with Gasteiger partial charge in [0.25, 0.3) is 17.7 Å². The highest BCUT2D eigenvalue weighted by atomic mass is 16.2. The molecule has 40 heavy (non-hydrogen) atoms. The lowest BCUT2D eigenvalue weighted by atomic mass is 10.3. The maximum absolute atomic E-state index is 12.6. The van der Waals surface area contributed by atoms with Gasteiger partial charge in [-0.1, -0.05) is 6.92 Å². The zero-order chi connectivity index (χ0) is 29.2. The molecule has 0 aliphatic carbocycles. The van der Waals surface area contributed by atoms with Crippen LogP contribution in [0.4, 0.5) is 11.5 Å². The standard InChI is InChI=1S/C25H34N10O5/c1-5-8-26-19(36)6-9-29-24(39)22-32-18(15-35(22)4)31-20(37)7-10-28-23(38)17-13-16(14-34(17)3)30-25(40)21-27-11-12-33(21)2/h11-15H,5-10H2,1-4H3,(H,26,36)(H,28,38)(H,29,39)(H,30,40)(H,31,37). The summed E-state index contributed by atoms with van der Waals surface area (Å²) in [7, 11) is 4.97. The van der Waals surface area contributed by atoms with Crippen molar-refractivity contribution in [2.75, 3.05) is 30.3 Å². The van der Waals surface area contributed by atoms with Crippen LogP contribution in [0.1, 0.15) is 57.9 Å². The Hall–Kier alpha value is -4.95. The number of carbonyl (C=O) groups excluding carboxylic acids is 5. The number of nitrogens with one attached hydrogen (secondary N) is 5. The number of aryl methyl sites for hydroxylation is 3. The molecule has 3 heterocycles. The average molecular weight is 555 g/mol. The van der Waals surface area contributed by atoms with Crippen molar-refractivity contribution in [2.24, 2.45) is 21.1 Å². The van der Waals surface area contributed by atoms with Crippen LogP contribution < -0.4 is 26.6 Å². The summed E-state index contributed by atoms with van der Waals surface area (Å²) in [6.07, 6.45) is 7.19. The van der Waals surface area contributed by atoms with Crippen LogP contribution in [0.5, 0.6) is 0 Å². The van der Waals surface area contributed by atoms with Crippen molar-refractivity contribution in [3.63, 3.8) is 0 Å². The first-order chi connectivity index (χ1) is 19.1. The van der Waals surface area contributed by atoms with Crippen LogP contribution in [0.25, 0.3) is 0 Å². The number of aromatic nitrogens is 5. The molecule has 3 aromatic rings. The summed E-state index contributed by atoms with van der Waals surface area (Å²) in [4.78, 5) is 69.5. The van der Waals surface area contributed by atoms with E-state index in [2.05, 4.69) is 36.6 Å². The third-order valence-electron chi connectivity index (χ3n) is 5.71. The zero-order valence-electron chi connectivity index (χ0n) is 22.9. The van der Waals surface area contributed by atoms with Crippen LogP contribution in [0, 0.1) is 0 Å². The van der Waals surface area contributed by atoms with Crippen LogP contribution in [0.15, 0.2) is 30.9 Å². The number of carbonyl (C=O) groups is 5. The number of hydrogen-bond acceptors (Lipinski definition) is 7. The molecule has 0 aromatic carbocycles. The van der Waals surface area contributed by atoms with Crippen molar-refractivity contribution in [1.82, 2.24) is 39.6 Å². The minimum absolute atomic E-state index is 0.0378. The molecule has 0 saturated carbocycles. The van der Waals surface area contributed by atoms with Crippen LogP contribution in [-0.4, -0.2) is 72.8 Å². The lowest BCUT2D eigenvalue weighted by Gasteiger charge is -2.06. The molecule has 0 spiro atoms. The predicted molar refractivity (Wildman–Crippen MR) is 146 cm³/mol. The Morgan fingerprint density at radius 1 is 0.750 bits per heavy atom. The van der Waals surface area contributed by atoms with Gasteiger partial charge in [-0.3, -0.25) is 24.0 Å². The molecule has 0 aliphatic rings. The minimum atomic E-state index is -0.475. The molecule has 15 heteroatoms. The van der Waals surface area contributed by atoms with E-state index in [0.29, 0.717) is 17.9 Å². The van der Waals surface area contributed by atoms with Crippen molar-refractivity contribution in [3.8, 4) is 0 Å². The molecule has 3 rings (SSSR count). The largest absolute Gasteiger partial charge is 0.356 e. The molecule has 0 aliphatic heterocycles. The Bertz CT molecular complexity index is 1390. The van der Waals surface area contributed by atoms with E-state index in [0.717, 1.165) is 6.42 Å². The Balaban J connectivity index is 1.44. The maximum Gasteiger partial charge on any atom is 0.291 e. The van der Waals surface area contributed by atoms with E-state index in [-0.39, 0.29) is 49.3 Å². The molecule has 0 bridgehead atoms. The Morgan fingerprint density at radius 2 is 1.45 bits per heavy atom. The SMILES string of the molecule is CCCNC(=O)CCNC(=O)c1nc(NC(=O)CCNC(=O)c2cc(NC(=O)c3nccn3C)cn2C)cn1C. The fourth-order valence-electron chi connectivity index (χ4n) is 3.67. The molecule has 0 fully saturated rings. The lowest BCUT2D eigenvalue weighted by molar-refractivity contribution is -0.121. The van der Waals surface area contributed by atoms with Crippen LogP contribution in [0.3, 0.4) is 0 Å². The summed E-state index contributed by atoms with van der Waals surface area (Å²) in [5, 5.41) is 13.3. The van der Waals surface area contributed by atoms with Gasteiger partial charge in [-0.05, 0) is 12.5 Å². The number of nitrogens with zero attached hydrogens (tertiary/aromatic N) is 5. The number of anilines is 2. The van der Waals surface area contributed by atoms with Gasteiger partial charge in [0.1, 0.15) is 5.69 Å². The normalized spacial score (nSPS) is 10.6. The van der Waals surface area contributed by atoms with Gasteiger partial charge >= 0.3 is 0 Å². The van der Waals surface area contributed by atoms with E-state index >= 15 is 0 Å². The van der Waals surface area contributed by atoms with E-state index in [1.807, 2.05) is 6.92 Å². The Kier molecular flexibility index (Phi) is 10.2. The fourth-order valence-corrected chi connectivity index (χ4v) is 3.67. The Morgan fingerprint density at radius 3 is 2.12 bits per heavy atom. The molecular formula is C25H34N10O5. The first-order valence-electron chi connectivity index (χ1n) is 12.7. The third-order valence-corrected chi connectivity index (χ3v) is 5.71. The number of hydrogen-bond donors (Lipinski definition) is 5. The Labute approximate surface area is 230 Å².